The molecule has 17 heavy (non-hydrogen) atoms. The summed E-state index contributed by atoms with van der Waals surface area (Å²) in [6.07, 6.45) is 0.796. The molecule has 6 nitrogen and oxygen atoms in total. The van der Waals surface area contributed by atoms with Gasteiger partial charge in [0.15, 0.2) is 0 Å². The van der Waals surface area contributed by atoms with Crippen LogP contribution in [0.3, 0.4) is 0 Å². The van der Waals surface area contributed by atoms with Crippen LogP contribution in [-0.2, 0) is 10.0 Å². The molecule has 2 heterocycles. The Labute approximate surface area is 101 Å². The van der Waals surface area contributed by atoms with Gasteiger partial charge < -0.3 is 5.32 Å². The van der Waals surface area contributed by atoms with Gasteiger partial charge in [-0.1, -0.05) is 0 Å². The van der Waals surface area contributed by atoms with Crippen molar-refractivity contribution in [3.05, 3.63) is 17.5 Å². The lowest BCUT2D eigenvalue weighted by Gasteiger charge is -2.11. The maximum Gasteiger partial charge on any atom is 0.276 e. The van der Waals surface area contributed by atoms with Gasteiger partial charge in [0.2, 0.25) is 0 Å². The standard InChI is InChI=1S/C10H16N4O2S/c1-7-5-8(2)13-10(12-7)17(15,16)14-9-3-4-11-6-9/h5,9,11,14H,3-4,6H2,1-2H3. The number of hydrogen-bond acceptors (Lipinski definition) is 5. The molecule has 0 amide bonds. The van der Waals surface area contributed by atoms with E-state index in [4.69, 9.17) is 0 Å². The third-order valence-electron chi connectivity index (χ3n) is 2.58. The second kappa shape index (κ2) is 4.67. The molecule has 0 saturated carbocycles. The van der Waals surface area contributed by atoms with Gasteiger partial charge in [-0.25, -0.2) is 23.1 Å². The van der Waals surface area contributed by atoms with Crippen molar-refractivity contribution < 1.29 is 8.42 Å². The van der Waals surface area contributed by atoms with Crippen LogP contribution in [0.4, 0.5) is 0 Å². The first-order valence-corrected chi connectivity index (χ1v) is 7.01. The average Bonchev–Trinajstić information content (AvgIpc) is 2.68. The maximum absolute atomic E-state index is 12.0. The Hall–Kier alpha value is -1.05. The summed E-state index contributed by atoms with van der Waals surface area (Å²) < 4.78 is 26.7. The van der Waals surface area contributed by atoms with E-state index in [2.05, 4.69) is 20.0 Å². The number of aryl methyl sites for hydroxylation is 2. The fraction of sp³-hybridized carbons (Fsp3) is 0.600. The number of rotatable bonds is 3. The predicted octanol–water partition coefficient (Wildman–Crippen LogP) is -0.266. The van der Waals surface area contributed by atoms with Gasteiger partial charge in [0, 0.05) is 24.0 Å². The highest BCUT2D eigenvalue weighted by molar-refractivity contribution is 7.89. The second-order valence-corrected chi connectivity index (χ2v) is 5.85. The summed E-state index contributed by atoms with van der Waals surface area (Å²) in [6, 6.07) is 1.68. The number of nitrogens with one attached hydrogen (secondary N) is 2. The fourth-order valence-electron chi connectivity index (χ4n) is 1.84. The lowest BCUT2D eigenvalue weighted by molar-refractivity contribution is 0.550. The minimum atomic E-state index is -3.60. The van der Waals surface area contributed by atoms with Gasteiger partial charge in [0.05, 0.1) is 0 Å². The molecule has 2 N–H and O–H groups in total. The molecular formula is C10H16N4O2S. The van der Waals surface area contributed by atoms with Crippen molar-refractivity contribution in [2.24, 2.45) is 0 Å². The number of aromatic nitrogens is 2. The van der Waals surface area contributed by atoms with Gasteiger partial charge in [0.25, 0.3) is 15.2 Å². The average molecular weight is 256 g/mol. The molecule has 0 aliphatic carbocycles. The minimum Gasteiger partial charge on any atom is -0.315 e. The normalized spacial score (nSPS) is 20.7. The Balaban J connectivity index is 2.24. The fourth-order valence-corrected chi connectivity index (χ4v) is 3.11. The first kappa shape index (κ1) is 12.4. The molecule has 0 radical (unpaired) electrons. The van der Waals surface area contributed by atoms with E-state index in [1.165, 1.54) is 0 Å². The smallest absolute Gasteiger partial charge is 0.276 e. The van der Waals surface area contributed by atoms with E-state index in [-0.39, 0.29) is 11.2 Å². The van der Waals surface area contributed by atoms with Crippen LogP contribution in [0.2, 0.25) is 0 Å². The molecule has 1 aliphatic rings. The quantitative estimate of drug-likeness (QED) is 0.728. The molecule has 0 spiro atoms. The molecule has 1 fully saturated rings. The topological polar surface area (TPSA) is 84.0 Å². The summed E-state index contributed by atoms with van der Waals surface area (Å²) in [7, 11) is -3.60. The highest BCUT2D eigenvalue weighted by Gasteiger charge is 2.25. The van der Waals surface area contributed by atoms with Gasteiger partial charge in [0.1, 0.15) is 0 Å². The van der Waals surface area contributed by atoms with Crippen molar-refractivity contribution in [3.8, 4) is 0 Å². The monoisotopic (exact) mass is 256 g/mol. The van der Waals surface area contributed by atoms with Crippen LogP contribution in [0.1, 0.15) is 17.8 Å². The molecule has 7 heteroatoms. The van der Waals surface area contributed by atoms with Gasteiger partial charge in [-0.15, -0.1) is 0 Å². The van der Waals surface area contributed by atoms with Crippen LogP contribution in [0.5, 0.6) is 0 Å². The van der Waals surface area contributed by atoms with Crippen molar-refractivity contribution >= 4 is 10.0 Å². The van der Waals surface area contributed by atoms with E-state index in [9.17, 15) is 8.42 Å². The lowest BCUT2D eigenvalue weighted by Crippen LogP contribution is -2.37. The van der Waals surface area contributed by atoms with Gasteiger partial charge in [-0.05, 0) is 32.9 Å². The molecule has 2 rings (SSSR count). The number of hydrogen-bond donors (Lipinski definition) is 2. The maximum atomic E-state index is 12.0. The van der Waals surface area contributed by atoms with Crippen LogP contribution < -0.4 is 10.0 Å². The zero-order chi connectivity index (χ0) is 12.5. The summed E-state index contributed by atoms with van der Waals surface area (Å²) >= 11 is 0. The summed E-state index contributed by atoms with van der Waals surface area (Å²) in [6.45, 7) is 5.00. The molecule has 0 bridgehead atoms. The van der Waals surface area contributed by atoms with E-state index >= 15 is 0 Å². The van der Waals surface area contributed by atoms with Crippen LogP contribution in [0, 0.1) is 13.8 Å². The van der Waals surface area contributed by atoms with Crippen molar-refractivity contribution in [2.75, 3.05) is 13.1 Å². The Morgan fingerprint density at radius 1 is 1.35 bits per heavy atom. The Bertz CT molecular complexity index is 489. The molecule has 1 atom stereocenters. The molecule has 1 aliphatic heterocycles. The zero-order valence-electron chi connectivity index (χ0n) is 9.90. The van der Waals surface area contributed by atoms with E-state index in [0.29, 0.717) is 17.9 Å². The largest absolute Gasteiger partial charge is 0.315 e. The van der Waals surface area contributed by atoms with Gasteiger partial charge >= 0.3 is 0 Å². The zero-order valence-corrected chi connectivity index (χ0v) is 10.7. The van der Waals surface area contributed by atoms with E-state index < -0.39 is 10.0 Å². The summed E-state index contributed by atoms with van der Waals surface area (Å²) in [5.41, 5.74) is 1.31. The summed E-state index contributed by atoms with van der Waals surface area (Å²) in [5.74, 6) is 0. The summed E-state index contributed by atoms with van der Waals surface area (Å²) in [4.78, 5) is 7.93. The third kappa shape index (κ3) is 2.99. The van der Waals surface area contributed by atoms with Crippen LogP contribution in [-0.4, -0.2) is 37.5 Å². The number of sulfonamides is 1. The molecule has 0 aromatic carbocycles. The van der Waals surface area contributed by atoms with Crippen molar-refractivity contribution in [1.82, 2.24) is 20.0 Å². The van der Waals surface area contributed by atoms with Crippen LogP contribution >= 0.6 is 0 Å². The van der Waals surface area contributed by atoms with Crippen molar-refractivity contribution in [1.29, 1.82) is 0 Å². The van der Waals surface area contributed by atoms with Crippen LogP contribution in [0.25, 0.3) is 0 Å². The van der Waals surface area contributed by atoms with E-state index in [1.807, 2.05) is 0 Å². The molecule has 1 aromatic heterocycles. The molecular weight excluding hydrogens is 240 g/mol. The minimum absolute atomic E-state index is 0.0654. The number of nitrogens with zero attached hydrogens (tertiary/aromatic N) is 2. The van der Waals surface area contributed by atoms with E-state index in [0.717, 1.165) is 13.0 Å². The molecule has 1 aromatic rings. The van der Waals surface area contributed by atoms with E-state index in [1.54, 1.807) is 19.9 Å². The Morgan fingerprint density at radius 3 is 2.53 bits per heavy atom. The van der Waals surface area contributed by atoms with Crippen molar-refractivity contribution in [2.45, 2.75) is 31.5 Å². The Morgan fingerprint density at radius 2 is 2.00 bits per heavy atom. The first-order valence-electron chi connectivity index (χ1n) is 5.53. The lowest BCUT2D eigenvalue weighted by atomic mass is 10.3. The second-order valence-electron chi connectivity index (χ2n) is 4.24. The molecule has 1 unspecified atom stereocenters. The highest BCUT2D eigenvalue weighted by Crippen LogP contribution is 2.08. The van der Waals surface area contributed by atoms with Crippen molar-refractivity contribution in [3.63, 3.8) is 0 Å². The SMILES string of the molecule is Cc1cc(C)nc(S(=O)(=O)NC2CCNC2)n1. The third-order valence-corrected chi connectivity index (χ3v) is 3.89. The Kier molecular flexibility index (Phi) is 3.41. The summed E-state index contributed by atoms with van der Waals surface area (Å²) in [5, 5.41) is 2.96. The molecule has 1 saturated heterocycles. The van der Waals surface area contributed by atoms with Crippen LogP contribution in [0.15, 0.2) is 11.2 Å². The highest BCUT2D eigenvalue weighted by atomic mass is 32.2. The first-order chi connectivity index (χ1) is 7.97. The predicted molar refractivity (Wildman–Crippen MR) is 63.1 cm³/mol. The molecule has 94 valence electrons. The van der Waals surface area contributed by atoms with Gasteiger partial charge in [-0.2, -0.15) is 0 Å². The van der Waals surface area contributed by atoms with Gasteiger partial charge in [-0.3, -0.25) is 0 Å².